The van der Waals surface area contributed by atoms with Gasteiger partial charge in [0, 0.05) is 6.42 Å². The number of anilines is 1. The zero-order chi connectivity index (χ0) is 24.9. The van der Waals surface area contributed by atoms with Gasteiger partial charge in [0.15, 0.2) is 0 Å². The highest BCUT2D eigenvalue weighted by molar-refractivity contribution is 7.85. The Balaban J connectivity index is 1.92. The standard InChI is InChI=1S/C27H47NO5S/c1-2-3-23-33-26-21-18-17-20-25(26)28-27(29)22-16-14-12-10-8-6-4-5-7-9-11-13-15-19-24-34(30,31)32/h17-18,20-21H,2-16,19,22-24H2,1H3,(H,28,29)(H,30,31,32). The van der Waals surface area contributed by atoms with Crippen molar-refractivity contribution in [2.24, 2.45) is 0 Å². The van der Waals surface area contributed by atoms with Crippen LogP contribution in [-0.4, -0.2) is 31.2 Å². The Morgan fingerprint density at radius 2 is 1.29 bits per heavy atom. The average Bonchev–Trinajstić information content (AvgIpc) is 2.79. The van der Waals surface area contributed by atoms with Gasteiger partial charge in [-0.15, -0.1) is 0 Å². The van der Waals surface area contributed by atoms with E-state index in [1.165, 1.54) is 51.4 Å². The average molecular weight is 498 g/mol. The van der Waals surface area contributed by atoms with E-state index >= 15 is 0 Å². The van der Waals surface area contributed by atoms with Crippen LogP contribution in [0.5, 0.6) is 5.75 Å². The zero-order valence-electron chi connectivity index (χ0n) is 21.2. The third-order valence-electron chi connectivity index (χ3n) is 5.97. The third-order valence-corrected chi connectivity index (χ3v) is 6.78. The molecule has 0 fully saturated rings. The van der Waals surface area contributed by atoms with Gasteiger partial charge in [-0.05, 0) is 31.4 Å². The smallest absolute Gasteiger partial charge is 0.264 e. The predicted molar refractivity (Wildman–Crippen MR) is 141 cm³/mol. The Labute approximate surface area is 208 Å². The van der Waals surface area contributed by atoms with Crippen LogP contribution in [0.4, 0.5) is 5.69 Å². The molecule has 0 saturated carbocycles. The van der Waals surface area contributed by atoms with Gasteiger partial charge in [-0.2, -0.15) is 8.42 Å². The number of nitrogens with one attached hydrogen (secondary N) is 1. The molecule has 0 aromatic heterocycles. The highest BCUT2D eigenvalue weighted by Crippen LogP contribution is 2.24. The van der Waals surface area contributed by atoms with Gasteiger partial charge < -0.3 is 10.1 Å². The number of para-hydroxylation sites is 2. The van der Waals surface area contributed by atoms with Crippen LogP contribution in [0.1, 0.15) is 116 Å². The maximum Gasteiger partial charge on any atom is 0.264 e. The number of unbranched alkanes of at least 4 members (excludes halogenated alkanes) is 14. The van der Waals surface area contributed by atoms with Crippen molar-refractivity contribution in [2.45, 2.75) is 116 Å². The molecule has 2 N–H and O–H groups in total. The fraction of sp³-hybridized carbons (Fsp3) is 0.741. The molecule has 7 heteroatoms. The van der Waals surface area contributed by atoms with Crippen LogP contribution in [0.2, 0.25) is 0 Å². The molecular weight excluding hydrogens is 450 g/mol. The van der Waals surface area contributed by atoms with Gasteiger partial charge in [0.25, 0.3) is 10.1 Å². The van der Waals surface area contributed by atoms with Gasteiger partial charge in [0.2, 0.25) is 5.91 Å². The molecule has 0 aliphatic heterocycles. The first-order valence-electron chi connectivity index (χ1n) is 13.4. The first kappa shape index (κ1) is 30.4. The SMILES string of the molecule is CCCCOc1ccccc1NC(=O)CCCCCCCCCCCCCCCCS(=O)(=O)O. The van der Waals surface area contributed by atoms with E-state index < -0.39 is 10.1 Å². The van der Waals surface area contributed by atoms with Crippen LogP contribution >= 0.6 is 0 Å². The second-order valence-electron chi connectivity index (χ2n) is 9.23. The number of rotatable bonds is 22. The summed E-state index contributed by atoms with van der Waals surface area (Å²) in [5, 5.41) is 2.99. The first-order chi connectivity index (χ1) is 16.4. The molecule has 1 rings (SSSR count). The molecule has 0 bridgehead atoms. The van der Waals surface area contributed by atoms with Crippen molar-refractivity contribution < 1.29 is 22.5 Å². The Kier molecular flexibility index (Phi) is 17.6. The van der Waals surface area contributed by atoms with Gasteiger partial charge >= 0.3 is 0 Å². The maximum atomic E-state index is 12.3. The molecule has 0 aliphatic carbocycles. The summed E-state index contributed by atoms with van der Waals surface area (Å²) in [4.78, 5) is 12.3. The van der Waals surface area contributed by atoms with Crippen molar-refractivity contribution in [2.75, 3.05) is 17.7 Å². The van der Waals surface area contributed by atoms with E-state index in [4.69, 9.17) is 9.29 Å². The lowest BCUT2D eigenvalue weighted by Crippen LogP contribution is -2.12. The number of carbonyl (C=O) groups excluding carboxylic acids is 1. The van der Waals surface area contributed by atoms with Crippen LogP contribution < -0.4 is 10.1 Å². The normalized spacial score (nSPS) is 11.5. The van der Waals surface area contributed by atoms with E-state index in [-0.39, 0.29) is 11.7 Å². The number of benzene rings is 1. The first-order valence-corrected chi connectivity index (χ1v) is 15.0. The van der Waals surface area contributed by atoms with Crippen LogP contribution in [0.25, 0.3) is 0 Å². The lowest BCUT2D eigenvalue weighted by Gasteiger charge is -2.12. The van der Waals surface area contributed by atoms with Crippen molar-refractivity contribution in [3.8, 4) is 5.75 Å². The minimum absolute atomic E-state index is 0.0602. The summed E-state index contributed by atoms with van der Waals surface area (Å²) in [6.45, 7) is 2.80. The van der Waals surface area contributed by atoms with Gasteiger partial charge in [0.1, 0.15) is 5.75 Å². The number of hydrogen-bond acceptors (Lipinski definition) is 4. The molecule has 0 saturated heterocycles. The van der Waals surface area contributed by atoms with Gasteiger partial charge in [-0.25, -0.2) is 0 Å². The molecule has 1 amide bonds. The second-order valence-corrected chi connectivity index (χ2v) is 10.8. The molecule has 34 heavy (non-hydrogen) atoms. The molecule has 0 atom stereocenters. The van der Waals surface area contributed by atoms with Gasteiger partial charge in [-0.3, -0.25) is 9.35 Å². The molecule has 0 heterocycles. The summed E-state index contributed by atoms with van der Waals surface area (Å²) in [6.07, 6.45) is 18.3. The van der Waals surface area contributed by atoms with E-state index in [9.17, 15) is 13.2 Å². The summed E-state index contributed by atoms with van der Waals surface area (Å²) < 4.78 is 35.7. The summed E-state index contributed by atoms with van der Waals surface area (Å²) in [5.74, 6) is 0.702. The molecular formula is C27H47NO5S. The van der Waals surface area contributed by atoms with Crippen molar-refractivity contribution in [1.82, 2.24) is 0 Å². The Morgan fingerprint density at radius 3 is 1.82 bits per heavy atom. The minimum Gasteiger partial charge on any atom is -0.491 e. The van der Waals surface area contributed by atoms with E-state index in [2.05, 4.69) is 12.2 Å². The highest BCUT2D eigenvalue weighted by Gasteiger charge is 2.07. The van der Waals surface area contributed by atoms with Gasteiger partial charge in [0.05, 0.1) is 18.0 Å². The van der Waals surface area contributed by atoms with Crippen LogP contribution in [0.15, 0.2) is 24.3 Å². The largest absolute Gasteiger partial charge is 0.491 e. The number of ether oxygens (including phenoxy) is 1. The zero-order valence-corrected chi connectivity index (χ0v) is 22.0. The van der Waals surface area contributed by atoms with Crippen molar-refractivity contribution in [3.63, 3.8) is 0 Å². The molecule has 6 nitrogen and oxygen atoms in total. The van der Waals surface area contributed by atoms with Crippen molar-refractivity contribution in [1.29, 1.82) is 0 Å². The van der Waals surface area contributed by atoms with Crippen LogP contribution in [0.3, 0.4) is 0 Å². The Bertz CT molecular complexity index is 751. The lowest BCUT2D eigenvalue weighted by atomic mass is 10.0. The maximum absolute atomic E-state index is 12.3. The van der Waals surface area contributed by atoms with E-state index in [1.807, 2.05) is 24.3 Å². The molecule has 1 aromatic rings. The summed E-state index contributed by atoms with van der Waals surface area (Å²) in [7, 11) is -3.78. The summed E-state index contributed by atoms with van der Waals surface area (Å²) in [5.41, 5.74) is 0.765. The number of carbonyl (C=O) groups is 1. The Morgan fingerprint density at radius 1 is 0.794 bits per heavy atom. The molecule has 196 valence electrons. The minimum atomic E-state index is -3.78. The molecule has 0 radical (unpaired) electrons. The van der Waals surface area contributed by atoms with Crippen molar-refractivity contribution >= 4 is 21.7 Å². The van der Waals surface area contributed by atoms with E-state index in [0.717, 1.165) is 56.4 Å². The monoisotopic (exact) mass is 497 g/mol. The fourth-order valence-corrected chi connectivity index (χ4v) is 4.50. The molecule has 1 aromatic carbocycles. The Hall–Kier alpha value is -1.60. The summed E-state index contributed by atoms with van der Waals surface area (Å²) >= 11 is 0. The number of hydrogen-bond donors (Lipinski definition) is 2. The predicted octanol–water partition coefficient (Wildman–Crippen LogP) is 7.54. The van der Waals surface area contributed by atoms with E-state index in [1.54, 1.807) is 0 Å². The third kappa shape index (κ3) is 17.8. The van der Waals surface area contributed by atoms with Gasteiger partial charge in [-0.1, -0.05) is 103 Å². The topological polar surface area (TPSA) is 92.7 Å². The molecule has 0 spiro atoms. The molecule has 0 aliphatic rings. The quantitative estimate of drug-likeness (QED) is 0.127. The summed E-state index contributed by atoms with van der Waals surface area (Å²) in [6, 6.07) is 7.64. The number of amides is 1. The van der Waals surface area contributed by atoms with Crippen LogP contribution in [-0.2, 0) is 14.9 Å². The molecule has 0 unspecified atom stereocenters. The second kappa shape index (κ2) is 19.7. The fourth-order valence-electron chi connectivity index (χ4n) is 3.93. The van der Waals surface area contributed by atoms with Crippen molar-refractivity contribution in [3.05, 3.63) is 24.3 Å². The lowest BCUT2D eigenvalue weighted by molar-refractivity contribution is -0.116. The van der Waals surface area contributed by atoms with E-state index in [0.29, 0.717) is 19.4 Å². The van der Waals surface area contributed by atoms with Crippen LogP contribution in [0, 0.1) is 0 Å². The highest BCUT2D eigenvalue weighted by atomic mass is 32.2.